The standard InChI is InChI=1S/C9H8BrNS2.ClH/c10-6-4-8(13-5-6)9(11)7-2-1-3-12-7;/h1-5,9H,11H2;1H/t9-;/m0./s1. The van der Waals surface area contributed by atoms with Crippen molar-refractivity contribution in [3.8, 4) is 0 Å². The van der Waals surface area contributed by atoms with Crippen LogP contribution in [0.4, 0.5) is 0 Å². The lowest BCUT2D eigenvalue weighted by atomic mass is 10.2. The van der Waals surface area contributed by atoms with Gasteiger partial charge in [0.2, 0.25) is 0 Å². The molecule has 0 unspecified atom stereocenters. The fourth-order valence-electron chi connectivity index (χ4n) is 1.10. The summed E-state index contributed by atoms with van der Waals surface area (Å²) in [5.41, 5.74) is 6.07. The Morgan fingerprint density at radius 1 is 1.29 bits per heavy atom. The number of nitrogens with two attached hydrogens (primary N) is 1. The Morgan fingerprint density at radius 2 is 2.07 bits per heavy atom. The molecule has 0 bridgehead atoms. The van der Waals surface area contributed by atoms with E-state index in [0.717, 1.165) is 4.47 Å². The van der Waals surface area contributed by atoms with Crippen molar-refractivity contribution >= 4 is 51.0 Å². The van der Waals surface area contributed by atoms with Crippen molar-refractivity contribution < 1.29 is 0 Å². The molecular formula is C9H9BrClNS2. The van der Waals surface area contributed by atoms with Crippen LogP contribution >= 0.6 is 51.0 Å². The Hall–Kier alpha value is 0.130. The smallest absolute Gasteiger partial charge is 0.0740 e. The van der Waals surface area contributed by atoms with E-state index in [-0.39, 0.29) is 18.4 Å². The van der Waals surface area contributed by atoms with Gasteiger partial charge in [-0.25, -0.2) is 0 Å². The first-order valence-corrected chi connectivity index (χ1v) is 6.35. The summed E-state index contributed by atoms with van der Waals surface area (Å²) >= 11 is 6.81. The van der Waals surface area contributed by atoms with Crippen LogP contribution in [-0.4, -0.2) is 0 Å². The maximum atomic E-state index is 6.07. The summed E-state index contributed by atoms with van der Waals surface area (Å²) in [6, 6.07) is 6.22. The number of thiophene rings is 2. The predicted molar refractivity (Wildman–Crippen MR) is 69.6 cm³/mol. The minimum absolute atomic E-state index is 0. The van der Waals surface area contributed by atoms with Crippen molar-refractivity contribution in [3.63, 3.8) is 0 Å². The Labute approximate surface area is 105 Å². The summed E-state index contributed by atoms with van der Waals surface area (Å²) in [6.45, 7) is 0. The van der Waals surface area contributed by atoms with Gasteiger partial charge in [-0.15, -0.1) is 35.1 Å². The second-order valence-electron chi connectivity index (χ2n) is 2.66. The highest BCUT2D eigenvalue weighted by molar-refractivity contribution is 9.10. The summed E-state index contributed by atoms with van der Waals surface area (Å²) in [5, 5.41) is 4.11. The second-order valence-corrected chi connectivity index (χ2v) is 5.50. The summed E-state index contributed by atoms with van der Waals surface area (Å²) in [5.74, 6) is 0. The van der Waals surface area contributed by atoms with E-state index in [1.54, 1.807) is 22.7 Å². The van der Waals surface area contributed by atoms with Gasteiger partial charge in [0.05, 0.1) is 6.04 Å². The van der Waals surface area contributed by atoms with E-state index in [2.05, 4.69) is 38.8 Å². The molecule has 2 N–H and O–H groups in total. The SMILES string of the molecule is Cl.N[C@@H](c1cccs1)c1cc(Br)cs1. The summed E-state index contributed by atoms with van der Waals surface area (Å²) in [4.78, 5) is 2.42. The topological polar surface area (TPSA) is 26.0 Å². The van der Waals surface area contributed by atoms with Crippen LogP contribution in [0.2, 0.25) is 0 Å². The molecule has 0 aromatic carbocycles. The van der Waals surface area contributed by atoms with E-state index < -0.39 is 0 Å². The lowest BCUT2D eigenvalue weighted by molar-refractivity contribution is 0.917. The normalized spacial score (nSPS) is 12.1. The van der Waals surface area contributed by atoms with Gasteiger partial charge in [0.15, 0.2) is 0 Å². The fraction of sp³-hybridized carbons (Fsp3) is 0.111. The average molecular weight is 311 g/mol. The largest absolute Gasteiger partial charge is 0.319 e. The molecule has 2 aromatic heterocycles. The highest BCUT2D eigenvalue weighted by atomic mass is 79.9. The number of halogens is 2. The van der Waals surface area contributed by atoms with Crippen molar-refractivity contribution in [2.24, 2.45) is 5.73 Å². The van der Waals surface area contributed by atoms with E-state index >= 15 is 0 Å². The van der Waals surface area contributed by atoms with E-state index in [0.29, 0.717) is 0 Å². The molecule has 0 fully saturated rings. The Balaban J connectivity index is 0.000000980. The Kier molecular flexibility index (Phi) is 4.60. The molecule has 1 nitrogen and oxygen atoms in total. The first-order chi connectivity index (χ1) is 6.27. The van der Waals surface area contributed by atoms with Gasteiger partial charge in [-0.1, -0.05) is 6.07 Å². The van der Waals surface area contributed by atoms with Gasteiger partial charge in [0.25, 0.3) is 0 Å². The average Bonchev–Trinajstić information content (AvgIpc) is 2.72. The predicted octanol–water partition coefficient (Wildman–Crippen LogP) is 4.04. The van der Waals surface area contributed by atoms with Crippen LogP contribution in [0.1, 0.15) is 15.8 Å². The van der Waals surface area contributed by atoms with Crippen molar-refractivity contribution in [2.45, 2.75) is 6.04 Å². The summed E-state index contributed by atoms with van der Waals surface area (Å²) in [7, 11) is 0. The van der Waals surface area contributed by atoms with Gasteiger partial charge in [0, 0.05) is 19.6 Å². The molecule has 0 radical (unpaired) electrons. The van der Waals surface area contributed by atoms with Crippen LogP contribution in [0, 0.1) is 0 Å². The van der Waals surface area contributed by atoms with E-state index in [1.807, 2.05) is 6.07 Å². The van der Waals surface area contributed by atoms with Crippen LogP contribution in [0.25, 0.3) is 0 Å². The van der Waals surface area contributed by atoms with Crippen molar-refractivity contribution in [2.75, 3.05) is 0 Å². The molecule has 0 spiro atoms. The Morgan fingerprint density at radius 3 is 2.57 bits per heavy atom. The third kappa shape index (κ3) is 2.58. The van der Waals surface area contributed by atoms with Gasteiger partial charge in [-0.3, -0.25) is 0 Å². The summed E-state index contributed by atoms with van der Waals surface area (Å²) in [6.07, 6.45) is 0. The zero-order valence-corrected chi connectivity index (χ0v) is 11.2. The summed E-state index contributed by atoms with van der Waals surface area (Å²) < 4.78 is 1.11. The van der Waals surface area contributed by atoms with Crippen molar-refractivity contribution in [1.29, 1.82) is 0 Å². The third-order valence-electron chi connectivity index (χ3n) is 1.74. The molecule has 1 atom stereocenters. The van der Waals surface area contributed by atoms with E-state index in [9.17, 15) is 0 Å². The molecule has 5 heteroatoms. The van der Waals surface area contributed by atoms with E-state index in [1.165, 1.54) is 9.75 Å². The molecule has 0 aliphatic rings. The first kappa shape index (κ1) is 12.2. The number of hydrogen-bond acceptors (Lipinski definition) is 3. The molecule has 2 rings (SSSR count). The van der Waals surface area contributed by atoms with Gasteiger partial charge in [-0.05, 0) is 33.4 Å². The molecule has 0 amide bonds. The molecule has 2 aromatic rings. The lowest BCUT2D eigenvalue weighted by Crippen LogP contribution is -2.07. The minimum Gasteiger partial charge on any atom is -0.319 e. The monoisotopic (exact) mass is 309 g/mol. The molecule has 0 saturated heterocycles. The Bertz CT molecular complexity index is 385. The van der Waals surface area contributed by atoms with Crippen LogP contribution < -0.4 is 5.73 Å². The van der Waals surface area contributed by atoms with Crippen LogP contribution in [0.3, 0.4) is 0 Å². The molecule has 0 aliphatic carbocycles. The molecule has 0 saturated carbocycles. The third-order valence-corrected chi connectivity index (χ3v) is 4.48. The number of hydrogen-bond donors (Lipinski definition) is 1. The maximum Gasteiger partial charge on any atom is 0.0740 e. The van der Waals surface area contributed by atoms with Crippen molar-refractivity contribution in [1.82, 2.24) is 0 Å². The quantitative estimate of drug-likeness (QED) is 0.890. The zero-order chi connectivity index (χ0) is 9.26. The van der Waals surface area contributed by atoms with Crippen LogP contribution in [-0.2, 0) is 0 Å². The van der Waals surface area contributed by atoms with Crippen LogP contribution in [0.15, 0.2) is 33.4 Å². The lowest BCUT2D eigenvalue weighted by Gasteiger charge is -2.05. The second kappa shape index (κ2) is 5.28. The fourth-order valence-corrected chi connectivity index (χ4v) is 3.38. The first-order valence-electron chi connectivity index (χ1n) is 3.80. The molecule has 76 valence electrons. The zero-order valence-electron chi connectivity index (χ0n) is 7.14. The highest BCUT2D eigenvalue weighted by Gasteiger charge is 2.11. The highest BCUT2D eigenvalue weighted by Crippen LogP contribution is 2.30. The minimum atomic E-state index is 0. The van der Waals surface area contributed by atoms with E-state index in [4.69, 9.17) is 5.73 Å². The van der Waals surface area contributed by atoms with Gasteiger partial charge >= 0.3 is 0 Å². The molecular weight excluding hydrogens is 302 g/mol. The molecule has 14 heavy (non-hydrogen) atoms. The van der Waals surface area contributed by atoms with Gasteiger partial charge < -0.3 is 5.73 Å². The van der Waals surface area contributed by atoms with Crippen molar-refractivity contribution in [3.05, 3.63) is 43.2 Å². The van der Waals surface area contributed by atoms with Gasteiger partial charge in [-0.2, -0.15) is 0 Å². The number of rotatable bonds is 2. The van der Waals surface area contributed by atoms with Crippen LogP contribution in [0.5, 0.6) is 0 Å². The molecule has 2 heterocycles. The maximum absolute atomic E-state index is 6.07. The van der Waals surface area contributed by atoms with Gasteiger partial charge in [0.1, 0.15) is 0 Å². The molecule has 0 aliphatic heterocycles.